The Morgan fingerprint density at radius 2 is 1.95 bits per heavy atom. The highest BCUT2D eigenvalue weighted by atomic mass is 35.5. The van der Waals surface area contributed by atoms with Gasteiger partial charge in [-0.1, -0.05) is 54.1 Å². The van der Waals surface area contributed by atoms with Crippen LogP contribution in [0.2, 0.25) is 5.02 Å². The van der Waals surface area contributed by atoms with Crippen LogP contribution in [-0.2, 0) is 11.3 Å². The van der Waals surface area contributed by atoms with Crippen molar-refractivity contribution in [3.63, 3.8) is 0 Å². The zero-order valence-corrected chi connectivity index (χ0v) is 12.8. The number of alkyl carbamates (subject to hydrolysis) is 1. The number of carbonyl (C=O) groups is 1. The first kappa shape index (κ1) is 16.3. The predicted molar refractivity (Wildman–Crippen MR) is 85.9 cm³/mol. The van der Waals surface area contributed by atoms with E-state index in [9.17, 15) is 9.90 Å². The molecule has 0 fully saturated rings. The number of amides is 1. The van der Waals surface area contributed by atoms with Crippen LogP contribution in [-0.4, -0.2) is 24.4 Å². The Labute approximate surface area is 134 Å². The van der Waals surface area contributed by atoms with Gasteiger partial charge in [0.2, 0.25) is 0 Å². The lowest BCUT2D eigenvalue weighted by molar-refractivity contribution is 0.137. The average Bonchev–Trinajstić information content (AvgIpc) is 2.54. The Bertz CT molecular complexity index is 604. The van der Waals surface area contributed by atoms with E-state index >= 15 is 0 Å². The van der Waals surface area contributed by atoms with E-state index in [1.165, 1.54) is 0 Å². The van der Waals surface area contributed by atoms with Crippen molar-refractivity contribution in [3.8, 4) is 0 Å². The highest BCUT2D eigenvalue weighted by Gasteiger charge is 2.13. The standard InChI is InChI=1S/C17H18ClNO3/c18-16-8-4-7-14(9-16)15(11-20)10-19-17(21)22-12-13-5-2-1-3-6-13/h1-9,15,20H,10-12H2,(H,19,21). The molecule has 0 bridgehead atoms. The van der Waals surface area contributed by atoms with Crippen molar-refractivity contribution in [1.29, 1.82) is 0 Å². The molecule has 116 valence electrons. The molecule has 0 saturated heterocycles. The van der Waals surface area contributed by atoms with Gasteiger partial charge >= 0.3 is 6.09 Å². The van der Waals surface area contributed by atoms with Crippen molar-refractivity contribution in [2.24, 2.45) is 0 Å². The molecule has 1 unspecified atom stereocenters. The second-order valence-electron chi connectivity index (χ2n) is 4.88. The van der Waals surface area contributed by atoms with E-state index in [4.69, 9.17) is 16.3 Å². The summed E-state index contributed by atoms with van der Waals surface area (Å²) in [6.07, 6.45) is -0.510. The third-order valence-electron chi connectivity index (χ3n) is 3.25. The quantitative estimate of drug-likeness (QED) is 0.858. The van der Waals surface area contributed by atoms with Gasteiger partial charge in [-0.2, -0.15) is 0 Å². The van der Waals surface area contributed by atoms with Gasteiger partial charge in [-0.05, 0) is 23.3 Å². The molecule has 2 aromatic carbocycles. The van der Waals surface area contributed by atoms with E-state index in [1.807, 2.05) is 42.5 Å². The molecule has 0 aromatic heterocycles. The van der Waals surface area contributed by atoms with Gasteiger partial charge in [-0.3, -0.25) is 0 Å². The van der Waals surface area contributed by atoms with Crippen molar-refractivity contribution in [3.05, 3.63) is 70.7 Å². The van der Waals surface area contributed by atoms with Crippen LogP contribution in [0, 0.1) is 0 Å². The highest BCUT2D eigenvalue weighted by Crippen LogP contribution is 2.18. The highest BCUT2D eigenvalue weighted by molar-refractivity contribution is 6.30. The molecule has 2 aromatic rings. The molecule has 2 N–H and O–H groups in total. The van der Waals surface area contributed by atoms with E-state index < -0.39 is 6.09 Å². The van der Waals surface area contributed by atoms with Gasteiger partial charge in [0.1, 0.15) is 6.61 Å². The summed E-state index contributed by atoms with van der Waals surface area (Å²) in [5.74, 6) is -0.219. The summed E-state index contributed by atoms with van der Waals surface area (Å²) < 4.78 is 5.12. The fraction of sp³-hybridized carbons (Fsp3) is 0.235. The number of aliphatic hydroxyl groups is 1. The van der Waals surface area contributed by atoms with Crippen LogP contribution in [0.5, 0.6) is 0 Å². The van der Waals surface area contributed by atoms with Crippen LogP contribution < -0.4 is 5.32 Å². The fourth-order valence-electron chi connectivity index (χ4n) is 2.03. The van der Waals surface area contributed by atoms with Crippen molar-refractivity contribution < 1.29 is 14.6 Å². The maximum Gasteiger partial charge on any atom is 0.407 e. The van der Waals surface area contributed by atoms with Gasteiger partial charge in [0.25, 0.3) is 0 Å². The summed E-state index contributed by atoms with van der Waals surface area (Å²) in [5, 5.41) is 12.7. The first-order valence-electron chi connectivity index (χ1n) is 7.00. The van der Waals surface area contributed by atoms with Crippen LogP contribution in [0.1, 0.15) is 17.0 Å². The summed E-state index contributed by atoms with van der Waals surface area (Å²) in [5.41, 5.74) is 1.80. The normalized spacial score (nSPS) is 11.7. The smallest absolute Gasteiger partial charge is 0.407 e. The SMILES string of the molecule is O=C(NCC(CO)c1cccc(Cl)c1)OCc1ccccc1. The van der Waals surface area contributed by atoms with E-state index in [-0.39, 0.29) is 25.7 Å². The number of carbonyl (C=O) groups excluding carboxylic acids is 1. The first-order valence-corrected chi connectivity index (χ1v) is 7.37. The molecule has 5 heteroatoms. The molecule has 1 atom stereocenters. The summed E-state index contributed by atoms with van der Waals surface area (Å²) >= 11 is 5.93. The number of ether oxygens (including phenoxy) is 1. The monoisotopic (exact) mass is 319 g/mol. The predicted octanol–water partition coefficient (Wildman–Crippen LogP) is 3.34. The van der Waals surface area contributed by atoms with E-state index in [1.54, 1.807) is 12.1 Å². The number of nitrogens with one attached hydrogen (secondary N) is 1. The summed E-state index contributed by atoms with van der Waals surface area (Å²) in [4.78, 5) is 11.7. The van der Waals surface area contributed by atoms with Gasteiger partial charge in [0, 0.05) is 17.5 Å². The Balaban J connectivity index is 1.81. The number of halogens is 1. The third-order valence-corrected chi connectivity index (χ3v) is 3.48. The van der Waals surface area contributed by atoms with E-state index in [0.717, 1.165) is 11.1 Å². The van der Waals surface area contributed by atoms with Crippen LogP contribution in [0.25, 0.3) is 0 Å². The number of hydrogen-bond donors (Lipinski definition) is 2. The maximum atomic E-state index is 11.7. The minimum atomic E-state index is -0.510. The molecular weight excluding hydrogens is 302 g/mol. The second kappa shape index (κ2) is 8.41. The van der Waals surface area contributed by atoms with Gasteiger partial charge in [0.05, 0.1) is 6.61 Å². The average molecular weight is 320 g/mol. The Morgan fingerprint density at radius 3 is 2.64 bits per heavy atom. The van der Waals surface area contributed by atoms with E-state index in [0.29, 0.717) is 5.02 Å². The zero-order chi connectivity index (χ0) is 15.8. The topological polar surface area (TPSA) is 58.6 Å². The lowest BCUT2D eigenvalue weighted by atomic mass is 10.0. The van der Waals surface area contributed by atoms with Crippen molar-refractivity contribution >= 4 is 17.7 Å². The molecule has 0 aliphatic rings. The molecule has 0 radical (unpaired) electrons. The number of benzene rings is 2. The summed E-state index contributed by atoms with van der Waals surface area (Å²) in [6, 6.07) is 16.7. The van der Waals surface area contributed by atoms with Gasteiger partial charge < -0.3 is 15.2 Å². The minimum Gasteiger partial charge on any atom is -0.445 e. The number of rotatable bonds is 6. The third kappa shape index (κ3) is 5.06. The summed E-state index contributed by atoms with van der Waals surface area (Å²) in [7, 11) is 0. The Kier molecular flexibility index (Phi) is 6.25. The number of aliphatic hydroxyl groups excluding tert-OH is 1. The zero-order valence-electron chi connectivity index (χ0n) is 12.0. The molecule has 0 aliphatic heterocycles. The lowest BCUT2D eigenvalue weighted by Crippen LogP contribution is -2.30. The molecular formula is C17H18ClNO3. The van der Waals surface area contributed by atoms with Gasteiger partial charge in [-0.25, -0.2) is 4.79 Å². The largest absolute Gasteiger partial charge is 0.445 e. The maximum absolute atomic E-state index is 11.7. The van der Waals surface area contributed by atoms with Crippen molar-refractivity contribution in [2.75, 3.05) is 13.2 Å². The molecule has 0 saturated carbocycles. The minimum absolute atomic E-state index is 0.0840. The molecule has 4 nitrogen and oxygen atoms in total. The van der Waals surface area contributed by atoms with Crippen molar-refractivity contribution in [2.45, 2.75) is 12.5 Å². The molecule has 22 heavy (non-hydrogen) atoms. The van der Waals surface area contributed by atoms with E-state index in [2.05, 4.69) is 5.32 Å². The number of hydrogen-bond acceptors (Lipinski definition) is 3. The molecule has 1 amide bonds. The van der Waals surface area contributed by atoms with Crippen LogP contribution in [0.15, 0.2) is 54.6 Å². The molecule has 0 spiro atoms. The Morgan fingerprint density at radius 1 is 1.18 bits per heavy atom. The molecule has 0 aliphatic carbocycles. The second-order valence-corrected chi connectivity index (χ2v) is 5.31. The summed E-state index contributed by atoms with van der Waals surface area (Å²) in [6.45, 7) is 0.414. The van der Waals surface area contributed by atoms with Crippen molar-refractivity contribution in [1.82, 2.24) is 5.32 Å². The molecule has 2 rings (SSSR count). The fourth-order valence-corrected chi connectivity index (χ4v) is 2.23. The van der Waals surface area contributed by atoms with Crippen LogP contribution in [0.3, 0.4) is 0 Å². The first-order chi connectivity index (χ1) is 10.7. The molecule has 0 heterocycles. The van der Waals surface area contributed by atoms with Crippen LogP contribution in [0.4, 0.5) is 4.79 Å². The van der Waals surface area contributed by atoms with Gasteiger partial charge in [0.15, 0.2) is 0 Å². The Hall–Kier alpha value is -2.04. The van der Waals surface area contributed by atoms with Gasteiger partial charge in [-0.15, -0.1) is 0 Å². The van der Waals surface area contributed by atoms with Crippen LogP contribution >= 0.6 is 11.6 Å². The lowest BCUT2D eigenvalue weighted by Gasteiger charge is -2.15.